The van der Waals surface area contributed by atoms with E-state index in [1.54, 1.807) is 4.90 Å². The van der Waals surface area contributed by atoms with Gasteiger partial charge in [0.1, 0.15) is 6.04 Å². The Hall–Kier alpha value is -2.33. The molecule has 2 amide bonds. The number of nitrogens with zero attached hydrogens (tertiary/aromatic N) is 1. The number of amides is 2. The summed E-state index contributed by atoms with van der Waals surface area (Å²) in [5.74, 6) is -0.0944. The van der Waals surface area contributed by atoms with E-state index in [4.69, 9.17) is 11.6 Å². The highest BCUT2D eigenvalue weighted by atomic mass is 35.5. The molecule has 0 aromatic heterocycles. The van der Waals surface area contributed by atoms with Gasteiger partial charge < -0.3 is 10.2 Å². The standard InChI is InChI=1S/C25H33ClN2O2/c1-4-19(3)27-25(30)23(5-2)28(18-17-20-11-7-6-8-12-20)24(29)16-15-21-13-9-10-14-22(21)26/h6-14,19,23H,4-5,15-18H2,1-3H3,(H,27,30)/t19-,23-/m1/s1. The Kier molecular flexibility index (Phi) is 9.88. The smallest absolute Gasteiger partial charge is 0.243 e. The molecule has 0 bridgehead atoms. The molecular formula is C25H33ClN2O2. The Balaban J connectivity index is 2.14. The molecule has 162 valence electrons. The van der Waals surface area contributed by atoms with Gasteiger partial charge in [0.05, 0.1) is 0 Å². The molecule has 1 N–H and O–H groups in total. The van der Waals surface area contributed by atoms with E-state index in [0.29, 0.717) is 37.3 Å². The molecule has 2 aromatic rings. The highest BCUT2D eigenvalue weighted by Crippen LogP contribution is 2.18. The third-order valence-electron chi connectivity index (χ3n) is 5.44. The Morgan fingerprint density at radius 3 is 2.27 bits per heavy atom. The quantitative estimate of drug-likeness (QED) is 0.545. The first-order valence-corrected chi connectivity index (χ1v) is 11.2. The molecule has 0 aliphatic carbocycles. The predicted molar refractivity (Wildman–Crippen MR) is 124 cm³/mol. The summed E-state index contributed by atoms with van der Waals surface area (Å²) in [5.41, 5.74) is 2.10. The van der Waals surface area contributed by atoms with Gasteiger partial charge in [-0.25, -0.2) is 0 Å². The summed E-state index contributed by atoms with van der Waals surface area (Å²) < 4.78 is 0. The van der Waals surface area contributed by atoms with Gasteiger partial charge in [-0.2, -0.15) is 0 Å². The van der Waals surface area contributed by atoms with Gasteiger partial charge in [0, 0.05) is 24.0 Å². The van der Waals surface area contributed by atoms with E-state index < -0.39 is 6.04 Å². The van der Waals surface area contributed by atoms with Gasteiger partial charge in [-0.15, -0.1) is 0 Å². The Labute approximate surface area is 185 Å². The van der Waals surface area contributed by atoms with Crippen LogP contribution in [0.2, 0.25) is 5.02 Å². The van der Waals surface area contributed by atoms with Crippen LogP contribution < -0.4 is 5.32 Å². The minimum Gasteiger partial charge on any atom is -0.352 e. The van der Waals surface area contributed by atoms with E-state index in [0.717, 1.165) is 17.5 Å². The van der Waals surface area contributed by atoms with E-state index in [1.165, 1.54) is 0 Å². The highest BCUT2D eigenvalue weighted by Gasteiger charge is 2.28. The van der Waals surface area contributed by atoms with Gasteiger partial charge >= 0.3 is 0 Å². The first-order valence-electron chi connectivity index (χ1n) is 10.8. The molecule has 5 heteroatoms. The maximum Gasteiger partial charge on any atom is 0.243 e. The molecule has 0 aliphatic heterocycles. The van der Waals surface area contributed by atoms with Crippen molar-refractivity contribution in [1.82, 2.24) is 10.2 Å². The van der Waals surface area contributed by atoms with E-state index in [2.05, 4.69) is 5.32 Å². The van der Waals surface area contributed by atoms with Crippen LogP contribution in [0.5, 0.6) is 0 Å². The molecule has 0 heterocycles. The van der Waals surface area contributed by atoms with Gasteiger partial charge in [0.15, 0.2) is 0 Å². The van der Waals surface area contributed by atoms with E-state index >= 15 is 0 Å². The number of hydrogen-bond donors (Lipinski definition) is 1. The SMILES string of the molecule is CC[C@@H](C)NC(=O)[C@@H](CC)N(CCc1ccccc1)C(=O)CCc1ccccc1Cl. The van der Waals surface area contributed by atoms with Crippen molar-refractivity contribution in [3.8, 4) is 0 Å². The van der Waals surface area contributed by atoms with Gasteiger partial charge in [0.25, 0.3) is 0 Å². The van der Waals surface area contributed by atoms with Gasteiger partial charge in [-0.3, -0.25) is 9.59 Å². The van der Waals surface area contributed by atoms with Crippen molar-refractivity contribution in [1.29, 1.82) is 0 Å². The number of nitrogens with one attached hydrogen (secondary N) is 1. The molecule has 30 heavy (non-hydrogen) atoms. The largest absolute Gasteiger partial charge is 0.352 e. The third kappa shape index (κ3) is 7.17. The zero-order valence-corrected chi connectivity index (χ0v) is 19.0. The fourth-order valence-electron chi connectivity index (χ4n) is 3.42. The third-order valence-corrected chi connectivity index (χ3v) is 5.81. The van der Waals surface area contributed by atoms with Crippen LogP contribution >= 0.6 is 11.6 Å². The average molecular weight is 429 g/mol. The Bertz CT molecular complexity index is 810. The van der Waals surface area contributed by atoms with E-state index in [9.17, 15) is 9.59 Å². The summed E-state index contributed by atoms with van der Waals surface area (Å²) in [4.78, 5) is 27.9. The lowest BCUT2D eigenvalue weighted by Crippen LogP contribution is -2.51. The number of hydrogen-bond acceptors (Lipinski definition) is 2. The maximum absolute atomic E-state index is 13.2. The van der Waals surface area contributed by atoms with Crippen LogP contribution in [0.25, 0.3) is 0 Å². The van der Waals surface area contributed by atoms with Gasteiger partial charge in [0.2, 0.25) is 11.8 Å². The topological polar surface area (TPSA) is 49.4 Å². The molecule has 0 spiro atoms. The van der Waals surface area contributed by atoms with Crippen molar-refractivity contribution in [2.24, 2.45) is 0 Å². The van der Waals surface area contributed by atoms with Crippen molar-refractivity contribution in [3.05, 3.63) is 70.7 Å². The van der Waals surface area contributed by atoms with Crippen molar-refractivity contribution in [2.45, 2.75) is 65.0 Å². The fourth-order valence-corrected chi connectivity index (χ4v) is 3.65. The summed E-state index contributed by atoms with van der Waals surface area (Å²) in [7, 11) is 0. The second kappa shape index (κ2) is 12.4. The van der Waals surface area contributed by atoms with Crippen LogP contribution in [0.4, 0.5) is 0 Å². The number of benzene rings is 2. The van der Waals surface area contributed by atoms with Crippen LogP contribution in [-0.2, 0) is 22.4 Å². The lowest BCUT2D eigenvalue weighted by molar-refractivity contribution is -0.141. The summed E-state index contributed by atoms with van der Waals surface area (Å²) in [6.07, 6.45) is 3.03. The van der Waals surface area contributed by atoms with Crippen molar-refractivity contribution in [3.63, 3.8) is 0 Å². The minimum atomic E-state index is -0.471. The zero-order chi connectivity index (χ0) is 21.9. The number of carbonyl (C=O) groups excluding carboxylic acids is 2. The maximum atomic E-state index is 13.2. The number of aryl methyl sites for hydroxylation is 1. The molecule has 0 saturated carbocycles. The van der Waals surface area contributed by atoms with Crippen molar-refractivity contribution < 1.29 is 9.59 Å². The zero-order valence-electron chi connectivity index (χ0n) is 18.2. The molecule has 0 radical (unpaired) electrons. The Morgan fingerprint density at radius 1 is 0.967 bits per heavy atom. The second-order valence-corrected chi connectivity index (χ2v) is 8.06. The van der Waals surface area contributed by atoms with Crippen LogP contribution in [0.1, 0.15) is 51.2 Å². The lowest BCUT2D eigenvalue weighted by atomic mass is 10.1. The molecule has 0 saturated heterocycles. The molecule has 2 atom stereocenters. The molecule has 0 fully saturated rings. The van der Waals surface area contributed by atoms with Gasteiger partial charge in [-0.1, -0.05) is 74.0 Å². The number of carbonyl (C=O) groups is 2. The summed E-state index contributed by atoms with van der Waals surface area (Å²) in [6, 6.07) is 17.3. The normalized spacial score (nSPS) is 12.8. The average Bonchev–Trinajstić information content (AvgIpc) is 2.76. The molecular weight excluding hydrogens is 396 g/mol. The molecule has 2 rings (SSSR count). The molecule has 0 aliphatic rings. The van der Waals surface area contributed by atoms with Gasteiger partial charge in [-0.05, 0) is 49.8 Å². The summed E-state index contributed by atoms with van der Waals surface area (Å²) in [6.45, 7) is 6.49. The monoisotopic (exact) mass is 428 g/mol. The van der Waals surface area contributed by atoms with Crippen LogP contribution in [-0.4, -0.2) is 35.3 Å². The fraction of sp³-hybridized carbons (Fsp3) is 0.440. The van der Waals surface area contributed by atoms with Crippen molar-refractivity contribution in [2.75, 3.05) is 6.54 Å². The molecule has 0 unspecified atom stereocenters. The van der Waals surface area contributed by atoms with Crippen LogP contribution in [0.15, 0.2) is 54.6 Å². The minimum absolute atomic E-state index is 0.0167. The van der Waals surface area contributed by atoms with Crippen molar-refractivity contribution >= 4 is 23.4 Å². The Morgan fingerprint density at radius 2 is 1.63 bits per heavy atom. The highest BCUT2D eigenvalue weighted by molar-refractivity contribution is 6.31. The molecule has 4 nitrogen and oxygen atoms in total. The summed E-state index contributed by atoms with van der Waals surface area (Å²) >= 11 is 6.25. The lowest BCUT2D eigenvalue weighted by Gasteiger charge is -2.31. The number of halogens is 1. The van der Waals surface area contributed by atoms with Crippen LogP contribution in [0, 0.1) is 0 Å². The first kappa shape index (κ1) is 23.9. The second-order valence-electron chi connectivity index (χ2n) is 7.66. The predicted octanol–water partition coefficient (Wildman–Crippen LogP) is 5.04. The van der Waals surface area contributed by atoms with E-state index in [-0.39, 0.29) is 17.9 Å². The molecule has 2 aromatic carbocycles. The van der Waals surface area contributed by atoms with Crippen LogP contribution in [0.3, 0.4) is 0 Å². The van der Waals surface area contributed by atoms with E-state index in [1.807, 2.05) is 75.4 Å². The number of rotatable bonds is 11. The first-order chi connectivity index (χ1) is 14.5. The summed E-state index contributed by atoms with van der Waals surface area (Å²) in [5, 5.41) is 3.71.